The quantitative estimate of drug-likeness (QED) is 0.104. The van der Waals surface area contributed by atoms with E-state index in [0.29, 0.717) is 30.3 Å². The Balaban J connectivity index is 0.000000130. The molecule has 0 aliphatic carbocycles. The van der Waals surface area contributed by atoms with Gasteiger partial charge in [0.2, 0.25) is 0 Å². The Labute approximate surface area is 303 Å². The van der Waals surface area contributed by atoms with Gasteiger partial charge in [-0.25, -0.2) is 0 Å². The maximum Gasteiger partial charge on any atom is 0.261 e. The molecule has 250 valence electrons. The Morgan fingerprint density at radius 1 is 0.442 bits per heavy atom. The van der Waals surface area contributed by atoms with Crippen molar-refractivity contribution >= 4 is 117 Å². The first-order valence-corrected chi connectivity index (χ1v) is 18.9. The van der Waals surface area contributed by atoms with Crippen molar-refractivity contribution in [2.75, 3.05) is 13.7 Å². The highest BCUT2D eigenvalue weighted by Gasteiger charge is 2.19. The highest BCUT2D eigenvalue weighted by Crippen LogP contribution is 2.42. The fourth-order valence-electron chi connectivity index (χ4n) is 8.12. The van der Waals surface area contributed by atoms with Gasteiger partial charge in [0.05, 0.1) is 0 Å². The molecule has 11 aromatic rings. The average Bonchev–Trinajstić information content (AvgIpc) is 3.19. The van der Waals surface area contributed by atoms with Crippen LogP contribution in [0.15, 0.2) is 136 Å². The zero-order valence-electron chi connectivity index (χ0n) is 28.1. The second kappa shape index (κ2) is 11.9. The fraction of sp³-hybridized carbons (Fsp3) is 0.0889. The molecule has 0 aliphatic rings. The number of rotatable bonds is 4. The lowest BCUT2D eigenvalue weighted by Crippen LogP contribution is -2.33. The number of hydrogen-bond acceptors (Lipinski definition) is 6. The molecule has 3 heterocycles. The molecule has 0 aliphatic heterocycles. The van der Waals surface area contributed by atoms with E-state index in [1.807, 2.05) is 60.7 Å². The third-order valence-electron chi connectivity index (χ3n) is 10.4. The second-order valence-corrected chi connectivity index (χ2v) is 15.4. The fourth-order valence-corrected chi connectivity index (χ4v) is 10.4. The van der Waals surface area contributed by atoms with Crippen molar-refractivity contribution in [2.24, 2.45) is 0 Å². The van der Waals surface area contributed by atoms with E-state index in [0.717, 1.165) is 47.8 Å². The van der Waals surface area contributed by atoms with E-state index in [2.05, 4.69) is 60.7 Å². The summed E-state index contributed by atoms with van der Waals surface area (Å²) in [5.41, 5.74) is -0.289. The van der Waals surface area contributed by atoms with Gasteiger partial charge in [0.1, 0.15) is 0 Å². The molecule has 0 radical (unpaired) electrons. The molecule has 0 amide bonds. The molecule has 5 nitrogen and oxygen atoms in total. The number of nitrogens with zero attached hydrogens (tertiary/aromatic N) is 1. The molecular weight excluding hydrogens is 683 g/mol. The first-order valence-electron chi connectivity index (χ1n) is 17.3. The largest absolute Gasteiger partial charge is 0.385 e. The molecule has 0 bridgehead atoms. The van der Waals surface area contributed by atoms with Crippen LogP contribution < -0.4 is 16.5 Å². The van der Waals surface area contributed by atoms with Gasteiger partial charge in [0, 0.05) is 82.2 Å². The van der Waals surface area contributed by atoms with Crippen molar-refractivity contribution in [1.82, 2.24) is 4.57 Å². The van der Waals surface area contributed by atoms with Crippen LogP contribution in [0.5, 0.6) is 0 Å². The Morgan fingerprint density at radius 3 is 1.48 bits per heavy atom. The first-order chi connectivity index (χ1) is 25.5. The number of aromatic nitrogens is 1. The molecular formula is C45H29NO4S2. The summed E-state index contributed by atoms with van der Waals surface area (Å²) in [7, 11) is 1.62. The van der Waals surface area contributed by atoms with Crippen LogP contribution in [0.2, 0.25) is 0 Å². The molecule has 3 aromatic heterocycles. The lowest BCUT2D eigenvalue weighted by Gasteiger charge is -2.14. The molecule has 0 atom stereocenters. The van der Waals surface area contributed by atoms with E-state index in [9.17, 15) is 14.4 Å². The number of benzene rings is 8. The third-order valence-corrected chi connectivity index (χ3v) is 12.7. The Morgan fingerprint density at radius 2 is 0.885 bits per heavy atom. The van der Waals surface area contributed by atoms with Crippen molar-refractivity contribution in [3.63, 3.8) is 0 Å². The predicted octanol–water partition coefficient (Wildman–Crippen LogP) is 10.7. The minimum atomic E-state index is -0.212. The van der Waals surface area contributed by atoms with Crippen LogP contribution in [0.25, 0.3) is 94.2 Å². The summed E-state index contributed by atoms with van der Waals surface area (Å²) in [5.74, 6) is 0. The van der Waals surface area contributed by atoms with E-state index in [4.69, 9.17) is 4.74 Å². The lowest BCUT2D eigenvalue weighted by atomic mass is 9.92. The molecule has 0 unspecified atom stereocenters. The normalized spacial score (nSPS) is 12.1. The van der Waals surface area contributed by atoms with E-state index in [1.54, 1.807) is 29.8 Å². The smallest absolute Gasteiger partial charge is 0.261 e. The van der Waals surface area contributed by atoms with Crippen molar-refractivity contribution in [1.29, 1.82) is 0 Å². The number of pyridine rings is 1. The second-order valence-electron chi connectivity index (χ2n) is 13.2. The van der Waals surface area contributed by atoms with Crippen LogP contribution in [0.4, 0.5) is 0 Å². The summed E-state index contributed by atoms with van der Waals surface area (Å²) in [6.07, 6.45) is 0.631. The SMILES string of the molecule is COCCCn1c(=O)c2ccc3sc4ccccc4c4ccc(c1=O)c2c34.O=c1c2ccccc2c2ccc3sc4ccccc4c4ccc1c2c34. The molecule has 0 N–H and O–H groups in total. The maximum absolute atomic E-state index is 13.1. The predicted molar refractivity (Wildman–Crippen MR) is 222 cm³/mol. The Hall–Kier alpha value is -5.73. The van der Waals surface area contributed by atoms with Gasteiger partial charge in [-0.2, -0.15) is 0 Å². The standard InChI is InChI=1S/C23H12OS.C22H17NO3S/c24-23-17-7-2-1-5-13(17)15-11-12-20-22-16(9-10-18(23)21(15)22)14-6-3-4-8-19(14)25-20;1-26-12-4-11-23-21(24)15-8-7-14-13-5-2-3-6-17(13)27-18-10-9-16(22(23)25)19(15)20(14)18/h1-12H;2-3,5-10H,4,11-12H2,1H3. The summed E-state index contributed by atoms with van der Waals surface area (Å²) < 4.78 is 11.2. The van der Waals surface area contributed by atoms with Crippen LogP contribution in [-0.4, -0.2) is 18.3 Å². The van der Waals surface area contributed by atoms with E-state index < -0.39 is 0 Å². The lowest BCUT2D eigenvalue weighted by molar-refractivity contribution is 0.189. The number of ether oxygens (including phenoxy) is 1. The highest BCUT2D eigenvalue weighted by atomic mass is 32.1. The zero-order valence-corrected chi connectivity index (χ0v) is 29.7. The summed E-state index contributed by atoms with van der Waals surface area (Å²) >= 11 is 3.49. The summed E-state index contributed by atoms with van der Waals surface area (Å²) in [4.78, 5) is 39.1. The molecule has 0 fully saturated rings. The Kier molecular flexibility index (Phi) is 7.12. The molecule has 52 heavy (non-hydrogen) atoms. The van der Waals surface area contributed by atoms with Crippen molar-refractivity contribution in [2.45, 2.75) is 13.0 Å². The van der Waals surface area contributed by atoms with Crippen molar-refractivity contribution in [3.05, 3.63) is 152 Å². The van der Waals surface area contributed by atoms with Gasteiger partial charge in [-0.1, -0.05) is 78.9 Å². The average molecular weight is 712 g/mol. The van der Waals surface area contributed by atoms with Crippen LogP contribution in [0.1, 0.15) is 6.42 Å². The minimum Gasteiger partial charge on any atom is -0.385 e. The third kappa shape index (κ3) is 4.46. The zero-order chi connectivity index (χ0) is 35.1. The Bertz CT molecular complexity index is 3360. The highest BCUT2D eigenvalue weighted by molar-refractivity contribution is 7.25. The van der Waals surface area contributed by atoms with Crippen molar-refractivity contribution < 1.29 is 4.74 Å². The molecule has 8 aromatic carbocycles. The number of methoxy groups -OCH3 is 1. The summed E-state index contributed by atoms with van der Waals surface area (Å²) in [6, 6.07) is 41.0. The summed E-state index contributed by atoms with van der Waals surface area (Å²) in [6.45, 7) is 0.887. The topological polar surface area (TPSA) is 65.4 Å². The van der Waals surface area contributed by atoms with Crippen LogP contribution >= 0.6 is 22.7 Å². The monoisotopic (exact) mass is 711 g/mol. The van der Waals surface area contributed by atoms with E-state index in [1.165, 1.54) is 40.2 Å². The van der Waals surface area contributed by atoms with Gasteiger partial charge in [0.25, 0.3) is 11.1 Å². The van der Waals surface area contributed by atoms with Gasteiger partial charge in [-0.05, 0) is 81.2 Å². The molecule has 0 saturated heterocycles. The number of fused-ring (bicyclic) bond motifs is 6. The van der Waals surface area contributed by atoms with Gasteiger partial charge >= 0.3 is 0 Å². The minimum absolute atomic E-state index is 0.135. The van der Waals surface area contributed by atoms with E-state index in [-0.39, 0.29) is 16.5 Å². The van der Waals surface area contributed by atoms with E-state index >= 15 is 0 Å². The van der Waals surface area contributed by atoms with Crippen molar-refractivity contribution in [3.8, 4) is 0 Å². The van der Waals surface area contributed by atoms with Crippen LogP contribution in [-0.2, 0) is 11.3 Å². The molecule has 11 rings (SSSR count). The first kappa shape index (κ1) is 31.0. The van der Waals surface area contributed by atoms with Crippen LogP contribution in [0, 0.1) is 0 Å². The van der Waals surface area contributed by atoms with Gasteiger partial charge < -0.3 is 4.74 Å². The maximum atomic E-state index is 13.1. The summed E-state index contributed by atoms with van der Waals surface area (Å²) in [5, 5.41) is 14.0. The number of hydrogen-bond donors (Lipinski definition) is 0. The van der Waals surface area contributed by atoms with Gasteiger partial charge in [0.15, 0.2) is 5.43 Å². The molecule has 0 saturated carbocycles. The van der Waals surface area contributed by atoms with Gasteiger partial charge in [-0.3, -0.25) is 19.0 Å². The van der Waals surface area contributed by atoms with Gasteiger partial charge in [-0.15, -0.1) is 22.7 Å². The van der Waals surface area contributed by atoms with Crippen LogP contribution in [0.3, 0.4) is 0 Å². The molecule has 7 heteroatoms. The molecule has 0 spiro atoms.